The maximum absolute atomic E-state index is 12.6. The van der Waals surface area contributed by atoms with Gasteiger partial charge in [-0.2, -0.15) is 22.0 Å². The zero-order valence-corrected chi connectivity index (χ0v) is 15.5. The Morgan fingerprint density at radius 1 is 1.29 bits per heavy atom. The molecule has 1 aromatic heterocycles. The van der Waals surface area contributed by atoms with E-state index in [1.807, 2.05) is 0 Å². The van der Waals surface area contributed by atoms with Crippen LogP contribution in [0.2, 0.25) is 0 Å². The lowest BCUT2D eigenvalue weighted by Crippen LogP contribution is -2.42. The highest BCUT2D eigenvalue weighted by Gasteiger charge is 2.39. The molecule has 0 N–H and O–H groups in total. The van der Waals surface area contributed by atoms with Gasteiger partial charge in [-0.1, -0.05) is 0 Å². The molecule has 1 aliphatic rings. The van der Waals surface area contributed by atoms with Gasteiger partial charge in [0.25, 0.3) is 0 Å². The highest BCUT2D eigenvalue weighted by molar-refractivity contribution is 5.69. The van der Waals surface area contributed by atoms with Crippen LogP contribution in [0, 0.1) is 0 Å². The first-order valence-corrected chi connectivity index (χ1v) is 8.44. The predicted molar refractivity (Wildman–Crippen MR) is 87.0 cm³/mol. The number of pyridine rings is 1. The fraction of sp³-hybridized carbons (Fsp3) is 0.647. The number of alkyl halides is 5. The average Bonchev–Trinajstić information content (AvgIpc) is 2.94. The molecular formula is C17H21F5N2O4. The topological polar surface area (TPSA) is 60.9 Å². The van der Waals surface area contributed by atoms with E-state index in [0.29, 0.717) is 0 Å². The number of ether oxygens (including phenoxy) is 3. The smallest absolute Gasteiger partial charge is 0.433 e. The number of aromatic nitrogens is 1. The Morgan fingerprint density at radius 2 is 1.96 bits per heavy atom. The molecular weight excluding hydrogens is 391 g/mol. The van der Waals surface area contributed by atoms with Crippen LogP contribution in [0.3, 0.4) is 0 Å². The maximum Gasteiger partial charge on any atom is 0.433 e. The van der Waals surface area contributed by atoms with Crippen LogP contribution < -0.4 is 4.74 Å². The summed E-state index contributed by atoms with van der Waals surface area (Å²) in [4.78, 5) is 16.8. The van der Waals surface area contributed by atoms with E-state index in [4.69, 9.17) is 9.47 Å². The average molecular weight is 412 g/mol. The van der Waals surface area contributed by atoms with Crippen LogP contribution in [-0.4, -0.2) is 53.5 Å². The number of halogens is 5. The van der Waals surface area contributed by atoms with Crippen LogP contribution >= 0.6 is 0 Å². The van der Waals surface area contributed by atoms with Gasteiger partial charge in [0, 0.05) is 6.42 Å². The Balaban J connectivity index is 2.06. The van der Waals surface area contributed by atoms with Crippen molar-refractivity contribution in [3.63, 3.8) is 0 Å². The van der Waals surface area contributed by atoms with Crippen LogP contribution in [0.15, 0.2) is 18.3 Å². The molecule has 1 aliphatic heterocycles. The summed E-state index contributed by atoms with van der Waals surface area (Å²) in [6.07, 6.45) is -4.86. The minimum atomic E-state index is -4.57. The van der Waals surface area contributed by atoms with E-state index < -0.39 is 48.9 Å². The molecule has 0 aliphatic carbocycles. The lowest BCUT2D eigenvalue weighted by Gasteiger charge is -2.28. The van der Waals surface area contributed by atoms with E-state index in [0.717, 1.165) is 18.3 Å². The number of carbonyl (C=O) groups is 1. The summed E-state index contributed by atoms with van der Waals surface area (Å²) >= 11 is 0. The number of nitrogens with zero attached hydrogens (tertiary/aromatic N) is 2. The quantitative estimate of drug-likeness (QED) is 0.682. The van der Waals surface area contributed by atoms with Crippen molar-refractivity contribution in [1.82, 2.24) is 9.88 Å². The third kappa shape index (κ3) is 6.47. The third-order valence-electron chi connectivity index (χ3n) is 3.75. The van der Waals surface area contributed by atoms with Gasteiger partial charge in [-0.25, -0.2) is 9.78 Å². The fourth-order valence-electron chi connectivity index (χ4n) is 2.66. The monoisotopic (exact) mass is 412 g/mol. The summed E-state index contributed by atoms with van der Waals surface area (Å²) in [6, 6.07) is 1.15. The number of amides is 1. The van der Waals surface area contributed by atoms with Crippen LogP contribution in [0.4, 0.5) is 26.7 Å². The van der Waals surface area contributed by atoms with Gasteiger partial charge in [0.2, 0.25) is 0 Å². The second-order valence-corrected chi connectivity index (χ2v) is 7.23. The van der Waals surface area contributed by atoms with Gasteiger partial charge in [-0.3, -0.25) is 4.90 Å². The molecule has 1 amide bonds. The van der Waals surface area contributed by atoms with Crippen LogP contribution in [0.25, 0.3) is 0 Å². The fourth-order valence-corrected chi connectivity index (χ4v) is 2.66. The molecule has 1 saturated heterocycles. The normalized spacial score (nSPS) is 20.5. The van der Waals surface area contributed by atoms with E-state index in [-0.39, 0.29) is 18.7 Å². The number of hydrogen-bond acceptors (Lipinski definition) is 5. The molecule has 0 spiro atoms. The summed E-state index contributed by atoms with van der Waals surface area (Å²) in [6.45, 7) is 1.56. The molecule has 0 saturated carbocycles. The zero-order valence-electron chi connectivity index (χ0n) is 15.5. The minimum Gasteiger partial charge on any atom is -0.487 e. The van der Waals surface area contributed by atoms with Crippen LogP contribution in [0.1, 0.15) is 32.9 Å². The van der Waals surface area contributed by atoms with Gasteiger partial charge >= 0.3 is 18.9 Å². The van der Waals surface area contributed by atoms with Gasteiger partial charge < -0.3 is 14.2 Å². The van der Waals surface area contributed by atoms with Crippen molar-refractivity contribution in [3.8, 4) is 5.75 Å². The number of hydrogen-bond donors (Lipinski definition) is 0. The molecule has 28 heavy (non-hydrogen) atoms. The molecule has 11 heteroatoms. The number of rotatable bonds is 5. The summed E-state index contributed by atoms with van der Waals surface area (Å²) < 4.78 is 77.6. The number of carbonyl (C=O) groups excluding carboxylic acids is 1. The summed E-state index contributed by atoms with van der Waals surface area (Å²) in [5.41, 5.74) is -1.86. The van der Waals surface area contributed by atoms with Gasteiger partial charge in [0.05, 0.1) is 25.4 Å². The minimum absolute atomic E-state index is 0.00714. The SMILES string of the molecule is CC(C)(C)OC(=O)N1C[C@@H](Oc2ccc(C(F)(F)F)nc2)C[C@H]1COC(F)F. The van der Waals surface area contributed by atoms with Crippen molar-refractivity contribution in [2.75, 3.05) is 13.2 Å². The molecule has 0 bridgehead atoms. The Bertz CT molecular complexity index is 661. The third-order valence-corrected chi connectivity index (χ3v) is 3.75. The van der Waals surface area contributed by atoms with Crippen molar-refractivity contribution in [2.45, 2.75) is 57.7 Å². The van der Waals surface area contributed by atoms with Crippen molar-refractivity contribution in [3.05, 3.63) is 24.0 Å². The largest absolute Gasteiger partial charge is 0.487 e. The summed E-state index contributed by atoms with van der Waals surface area (Å²) in [7, 11) is 0. The second kappa shape index (κ2) is 8.46. The molecule has 2 heterocycles. The predicted octanol–water partition coefficient (Wildman–Crippen LogP) is 4.10. The van der Waals surface area contributed by atoms with Gasteiger partial charge in [0.15, 0.2) is 0 Å². The van der Waals surface area contributed by atoms with E-state index in [2.05, 4.69) is 9.72 Å². The first kappa shape index (κ1) is 22.1. The molecule has 158 valence electrons. The van der Waals surface area contributed by atoms with Gasteiger partial charge in [0.1, 0.15) is 23.1 Å². The molecule has 6 nitrogen and oxygen atoms in total. The van der Waals surface area contributed by atoms with Crippen molar-refractivity contribution in [2.24, 2.45) is 0 Å². The standard InChI is InChI=1S/C17H21F5N2O4/c1-16(2,3)28-15(25)24-8-12(6-10(24)9-26-14(18)19)27-11-4-5-13(23-7-11)17(20,21)22/h4-5,7,10,12,14H,6,8-9H2,1-3H3/t10-,12-/m0/s1. The molecule has 2 atom stereocenters. The van der Waals surface area contributed by atoms with Gasteiger partial charge in [-0.05, 0) is 32.9 Å². The Labute approximate surface area is 158 Å². The Kier molecular flexibility index (Phi) is 6.68. The lowest BCUT2D eigenvalue weighted by atomic mass is 10.2. The lowest BCUT2D eigenvalue weighted by molar-refractivity contribution is -0.141. The highest BCUT2D eigenvalue weighted by Crippen LogP contribution is 2.30. The highest BCUT2D eigenvalue weighted by atomic mass is 19.4. The number of likely N-dealkylation sites (tertiary alicyclic amines) is 1. The maximum atomic E-state index is 12.6. The van der Waals surface area contributed by atoms with E-state index in [1.165, 1.54) is 4.90 Å². The van der Waals surface area contributed by atoms with E-state index in [1.54, 1.807) is 20.8 Å². The summed E-state index contributed by atoms with van der Waals surface area (Å²) in [5.74, 6) is 0.0672. The van der Waals surface area contributed by atoms with Crippen LogP contribution in [-0.2, 0) is 15.7 Å². The molecule has 0 radical (unpaired) electrons. The summed E-state index contributed by atoms with van der Waals surface area (Å²) in [5, 5.41) is 0. The molecule has 2 rings (SSSR count). The second-order valence-electron chi connectivity index (χ2n) is 7.23. The van der Waals surface area contributed by atoms with Gasteiger partial charge in [-0.15, -0.1) is 0 Å². The zero-order chi connectivity index (χ0) is 21.1. The first-order chi connectivity index (χ1) is 12.8. The van der Waals surface area contributed by atoms with Crippen molar-refractivity contribution < 1.29 is 41.0 Å². The molecule has 1 aromatic rings. The van der Waals surface area contributed by atoms with E-state index >= 15 is 0 Å². The first-order valence-electron chi connectivity index (χ1n) is 8.44. The Hall–Kier alpha value is -2.17. The van der Waals surface area contributed by atoms with Crippen molar-refractivity contribution >= 4 is 6.09 Å². The molecule has 1 fully saturated rings. The molecule has 0 unspecified atom stereocenters. The Morgan fingerprint density at radius 3 is 2.46 bits per heavy atom. The molecule has 0 aromatic carbocycles. The van der Waals surface area contributed by atoms with E-state index in [9.17, 15) is 26.7 Å². The van der Waals surface area contributed by atoms with Crippen LogP contribution in [0.5, 0.6) is 5.75 Å². The van der Waals surface area contributed by atoms with Crippen molar-refractivity contribution in [1.29, 1.82) is 0 Å².